The molecule has 0 saturated carbocycles. The van der Waals surface area contributed by atoms with Crippen molar-refractivity contribution >= 4 is 0 Å². The zero-order chi connectivity index (χ0) is 7.84. The minimum atomic E-state index is -0.149. The molecule has 0 unspecified atom stereocenters. The van der Waals surface area contributed by atoms with Gasteiger partial charge in [0, 0.05) is 11.6 Å². The summed E-state index contributed by atoms with van der Waals surface area (Å²) in [4.78, 5) is 0. The predicted octanol–water partition coefficient (Wildman–Crippen LogP) is 1.54. The molecular formula is C8H7NO2. The second-order valence-electron chi connectivity index (χ2n) is 2.37. The minimum absolute atomic E-state index is 0.149. The summed E-state index contributed by atoms with van der Waals surface area (Å²) in [6.45, 7) is 0. The van der Waals surface area contributed by atoms with Crippen LogP contribution in [0.2, 0.25) is 0 Å². The largest absolute Gasteiger partial charge is 0.492 e. The first kappa shape index (κ1) is 6.09. The Hall–Kier alpha value is -1.64. The van der Waals surface area contributed by atoms with Crippen molar-refractivity contribution in [1.82, 2.24) is 4.73 Å². The maximum atomic E-state index is 9.21. The van der Waals surface area contributed by atoms with E-state index >= 15 is 0 Å². The van der Waals surface area contributed by atoms with Crippen molar-refractivity contribution < 1.29 is 10.3 Å². The number of aromatic nitrogens is 1. The highest BCUT2D eigenvalue weighted by Crippen LogP contribution is 2.25. The molecule has 0 aromatic heterocycles. The van der Waals surface area contributed by atoms with Crippen LogP contribution in [0.25, 0.3) is 11.3 Å². The molecule has 0 spiro atoms. The lowest BCUT2D eigenvalue weighted by Gasteiger charge is -2.06. The Morgan fingerprint density at radius 3 is 2.73 bits per heavy atom. The molecule has 3 nitrogen and oxygen atoms in total. The van der Waals surface area contributed by atoms with Crippen LogP contribution in [0.15, 0.2) is 30.3 Å². The summed E-state index contributed by atoms with van der Waals surface area (Å²) in [5.74, 6) is -0.149. The summed E-state index contributed by atoms with van der Waals surface area (Å²) in [7, 11) is 0. The van der Waals surface area contributed by atoms with Crippen LogP contribution in [0.5, 0.6) is 5.88 Å². The van der Waals surface area contributed by atoms with E-state index in [-0.39, 0.29) is 5.88 Å². The second kappa shape index (κ2) is 1.92. The summed E-state index contributed by atoms with van der Waals surface area (Å²) in [5.41, 5.74) is 1.52. The van der Waals surface area contributed by atoms with Crippen molar-refractivity contribution in [2.75, 3.05) is 0 Å². The predicted molar refractivity (Wildman–Crippen MR) is 39.9 cm³/mol. The van der Waals surface area contributed by atoms with Gasteiger partial charge in [-0.25, -0.2) is 0 Å². The van der Waals surface area contributed by atoms with Gasteiger partial charge in [0.05, 0.1) is 5.69 Å². The Morgan fingerprint density at radius 2 is 1.91 bits per heavy atom. The molecule has 0 amide bonds. The topological polar surface area (TPSA) is 45.4 Å². The minimum Gasteiger partial charge on any atom is -0.492 e. The summed E-state index contributed by atoms with van der Waals surface area (Å²) in [6, 6.07) is 8.60. The Balaban J connectivity index is 2.81. The number of hydrogen-bond donors (Lipinski definition) is 2. The fourth-order valence-electron chi connectivity index (χ4n) is 1.12. The van der Waals surface area contributed by atoms with Gasteiger partial charge in [-0.3, -0.25) is 0 Å². The Bertz CT molecular complexity index is 353. The van der Waals surface area contributed by atoms with Crippen LogP contribution in [0, 0.1) is 0 Å². The Kier molecular flexibility index (Phi) is 1.06. The van der Waals surface area contributed by atoms with Crippen LogP contribution < -0.4 is 0 Å². The van der Waals surface area contributed by atoms with E-state index in [0.29, 0.717) is 5.69 Å². The van der Waals surface area contributed by atoms with Crippen LogP contribution >= 0.6 is 0 Å². The van der Waals surface area contributed by atoms with E-state index in [9.17, 15) is 5.21 Å². The number of nitrogens with zero attached hydrogens (tertiary/aromatic N) is 1. The summed E-state index contributed by atoms with van der Waals surface area (Å²) >= 11 is 0. The number of aromatic hydroxyl groups is 1. The zero-order valence-electron chi connectivity index (χ0n) is 5.73. The number of fused-ring (bicyclic) bond motifs is 1. The van der Waals surface area contributed by atoms with Gasteiger partial charge in [0.25, 0.3) is 0 Å². The van der Waals surface area contributed by atoms with Crippen LogP contribution in [0.3, 0.4) is 0 Å². The van der Waals surface area contributed by atoms with E-state index in [1.54, 1.807) is 12.1 Å². The van der Waals surface area contributed by atoms with Gasteiger partial charge in [-0.2, -0.15) is 4.73 Å². The van der Waals surface area contributed by atoms with Gasteiger partial charge in [0.1, 0.15) is 0 Å². The number of hydrogen-bond acceptors (Lipinski definition) is 2. The van der Waals surface area contributed by atoms with E-state index in [0.717, 1.165) is 10.3 Å². The standard InChI is InChI=1S/C8H7NO2/c10-8-5-4-6-2-1-3-7(6)9(8)11/h1-5,10-11H. The monoisotopic (exact) mass is 149 g/mol. The van der Waals surface area contributed by atoms with Gasteiger partial charge >= 0.3 is 0 Å². The molecule has 0 aromatic rings. The third kappa shape index (κ3) is 0.741. The van der Waals surface area contributed by atoms with Crippen molar-refractivity contribution in [3.8, 4) is 17.1 Å². The highest BCUT2D eigenvalue weighted by atomic mass is 16.5. The molecule has 56 valence electrons. The lowest BCUT2D eigenvalue weighted by atomic mass is 10.2. The van der Waals surface area contributed by atoms with Crippen molar-refractivity contribution in [1.29, 1.82) is 0 Å². The number of rotatable bonds is 0. The summed E-state index contributed by atoms with van der Waals surface area (Å²) in [5, 5.41) is 18.3. The molecular weight excluding hydrogens is 142 g/mol. The first-order valence-corrected chi connectivity index (χ1v) is 3.28. The molecule has 1 aliphatic heterocycles. The van der Waals surface area contributed by atoms with Gasteiger partial charge in [0.2, 0.25) is 5.88 Å². The molecule has 2 N–H and O–H groups in total. The summed E-state index contributed by atoms with van der Waals surface area (Å²) in [6.07, 6.45) is 0. The smallest absolute Gasteiger partial charge is 0.225 e. The first-order valence-electron chi connectivity index (χ1n) is 3.28. The molecule has 0 radical (unpaired) electrons. The summed E-state index contributed by atoms with van der Waals surface area (Å²) < 4.78 is 0.759. The third-order valence-electron chi connectivity index (χ3n) is 1.68. The SMILES string of the molecule is Oc1ccc2cccc-2n1O. The van der Waals surface area contributed by atoms with Gasteiger partial charge < -0.3 is 10.3 Å². The van der Waals surface area contributed by atoms with Crippen LogP contribution in [-0.4, -0.2) is 15.0 Å². The van der Waals surface area contributed by atoms with Crippen LogP contribution in [0.1, 0.15) is 0 Å². The van der Waals surface area contributed by atoms with E-state index in [4.69, 9.17) is 5.11 Å². The van der Waals surface area contributed by atoms with Crippen molar-refractivity contribution in [2.45, 2.75) is 0 Å². The fourth-order valence-corrected chi connectivity index (χ4v) is 1.12. The molecule has 11 heavy (non-hydrogen) atoms. The molecule has 3 heteroatoms. The zero-order valence-corrected chi connectivity index (χ0v) is 5.73. The second-order valence-corrected chi connectivity index (χ2v) is 2.37. The quantitative estimate of drug-likeness (QED) is 0.558. The highest BCUT2D eigenvalue weighted by molar-refractivity contribution is 5.63. The van der Waals surface area contributed by atoms with Gasteiger partial charge in [-0.1, -0.05) is 12.1 Å². The van der Waals surface area contributed by atoms with E-state index < -0.39 is 0 Å². The van der Waals surface area contributed by atoms with E-state index in [2.05, 4.69) is 0 Å². The molecule has 0 fully saturated rings. The van der Waals surface area contributed by atoms with Crippen LogP contribution in [0.4, 0.5) is 0 Å². The van der Waals surface area contributed by atoms with Crippen molar-refractivity contribution in [2.24, 2.45) is 0 Å². The third-order valence-corrected chi connectivity index (χ3v) is 1.68. The van der Waals surface area contributed by atoms with E-state index in [1.165, 1.54) is 6.07 Å². The average molecular weight is 149 g/mol. The fraction of sp³-hybridized carbons (Fsp3) is 0. The van der Waals surface area contributed by atoms with Gasteiger partial charge in [0.15, 0.2) is 0 Å². The Labute approximate surface area is 63.4 Å². The molecule has 0 saturated heterocycles. The van der Waals surface area contributed by atoms with E-state index in [1.807, 2.05) is 12.1 Å². The molecule has 0 atom stereocenters. The van der Waals surface area contributed by atoms with Gasteiger partial charge in [-0.05, 0) is 12.1 Å². The molecule has 0 bridgehead atoms. The lowest BCUT2D eigenvalue weighted by Crippen LogP contribution is -1.96. The Morgan fingerprint density at radius 1 is 1.09 bits per heavy atom. The maximum Gasteiger partial charge on any atom is 0.225 e. The lowest BCUT2D eigenvalue weighted by molar-refractivity contribution is 0.157. The molecule has 1 aliphatic carbocycles. The van der Waals surface area contributed by atoms with Crippen LogP contribution in [-0.2, 0) is 0 Å². The maximum absolute atomic E-state index is 9.21. The molecule has 2 rings (SSSR count). The molecule has 1 heterocycles. The molecule has 0 aromatic carbocycles. The average Bonchev–Trinajstić information content (AvgIpc) is 2.45. The van der Waals surface area contributed by atoms with Crippen molar-refractivity contribution in [3.05, 3.63) is 30.3 Å². The normalized spacial score (nSPS) is 10.5. The van der Waals surface area contributed by atoms with Gasteiger partial charge in [-0.15, -0.1) is 0 Å². The highest BCUT2D eigenvalue weighted by Gasteiger charge is 2.07. The van der Waals surface area contributed by atoms with Crippen molar-refractivity contribution in [3.63, 3.8) is 0 Å². The molecule has 2 aliphatic rings. The first-order chi connectivity index (χ1) is 5.29. The number of pyridine rings is 1.